The zero-order valence-corrected chi connectivity index (χ0v) is 13.7. The summed E-state index contributed by atoms with van der Waals surface area (Å²) in [6, 6.07) is 13.4. The summed E-state index contributed by atoms with van der Waals surface area (Å²) in [5, 5.41) is 14.1. The van der Waals surface area contributed by atoms with Gasteiger partial charge in [-0.1, -0.05) is 41.9 Å². The summed E-state index contributed by atoms with van der Waals surface area (Å²) in [5.41, 5.74) is 5.06. The predicted octanol–water partition coefficient (Wildman–Crippen LogP) is 3.89. The van der Waals surface area contributed by atoms with E-state index in [0.29, 0.717) is 10.6 Å². The lowest BCUT2D eigenvalue weighted by Gasteiger charge is -2.29. The SMILES string of the molecule is Cc1cc(Cl)cc2c1N[C@@H](c1cn[nH]c1-c1ccccc1)NC2=O. The molecule has 2 aromatic carbocycles. The molecular weight excluding hydrogens is 324 g/mol. The Morgan fingerprint density at radius 3 is 2.71 bits per heavy atom. The Bertz CT molecular complexity index is 920. The predicted molar refractivity (Wildman–Crippen MR) is 94.0 cm³/mol. The van der Waals surface area contributed by atoms with Crippen molar-refractivity contribution in [1.82, 2.24) is 15.5 Å². The van der Waals surface area contributed by atoms with Crippen LogP contribution in [0.5, 0.6) is 0 Å². The maximum Gasteiger partial charge on any atom is 0.255 e. The number of nitrogens with one attached hydrogen (secondary N) is 3. The number of hydrogen-bond donors (Lipinski definition) is 3. The van der Waals surface area contributed by atoms with E-state index in [1.807, 2.05) is 43.3 Å². The first-order valence-electron chi connectivity index (χ1n) is 7.59. The fourth-order valence-corrected chi connectivity index (χ4v) is 3.28. The smallest absolute Gasteiger partial charge is 0.255 e. The molecule has 0 radical (unpaired) electrons. The van der Waals surface area contributed by atoms with Gasteiger partial charge in [0, 0.05) is 10.6 Å². The van der Waals surface area contributed by atoms with Crippen LogP contribution in [0.2, 0.25) is 5.02 Å². The second-order valence-electron chi connectivity index (χ2n) is 5.76. The van der Waals surface area contributed by atoms with Gasteiger partial charge in [0.15, 0.2) is 0 Å². The molecule has 2 heterocycles. The van der Waals surface area contributed by atoms with Gasteiger partial charge in [-0.15, -0.1) is 0 Å². The number of aromatic amines is 1. The summed E-state index contributed by atoms with van der Waals surface area (Å²) in [5.74, 6) is -0.153. The molecule has 0 fully saturated rings. The first kappa shape index (κ1) is 14.8. The fourth-order valence-electron chi connectivity index (χ4n) is 3.01. The fraction of sp³-hybridized carbons (Fsp3) is 0.111. The molecule has 6 heteroatoms. The van der Waals surface area contributed by atoms with Gasteiger partial charge < -0.3 is 10.6 Å². The van der Waals surface area contributed by atoms with E-state index in [4.69, 9.17) is 11.6 Å². The Morgan fingerprint density at radius 2 is 1.92 bits per heavy atom. The standard InChI is InChI=1S/C18H15ClN4O/c1-10-7-12(19)8-13-15(10)21-17(22-18(13)24)14-9-20-23-16(14)11-5-3-2-4-6-11/h2-9,17,21H,1H3,(H,20,23)(H,22,24)/t17-/m1/s1. The highest BCUT2D eigenvalue weighted by atomic mass is 35.5. The van der Waals surface area contributed by atoms with E-state index in [1.165, 1.54) is 0 Å². The topological polar surface area (TPSA) is 69.8 Å². The number of aromatic nitrogens is 2. The number of benzene rings is 2. The number of aryl methyl sites for hydroxylation is 1. The monoisotopic (exact) mass is 338 g/mol. The van der Waals surface area contributed by atoms with Gasteiger partial charge in [0.05, 0.1) is 23.1 Å². The van der Waals surface area contributed by atoms with E-state index in [1.54, 1.807) is 12.3 Å². The summed E-state index contributed by atoms with van der Waals surface area (Å²) < 4.78 is 0. The lowest BCUT2D eigenvalue weighted by Crippen LogP contribution is -2.38. The number of H-pyrrole nitrogens is 1. The largest absolute Gasteiger partial charge is 0.361 e. The zero-order chi connectivity index (χ0) is 16.7. The molecule has 5 nitrogen and oxygen atoms in total. The number of carbonyl (C=O) groups excluding carboxylic acids is 1. The van der Waals surface area contributed by atoms with Crippen LogP contribution >= 0.6 is 11.6 Å². The summed E-state index contributed by atoms with van der Waals surface area (Å²) in [7, 11) is 0. The van der Waals surface area contributed by atoms with Gasteiger partial charge in [0.1, 0.15) is 6.17 Å². The lowest BCUT2D eigenvalue weighted by atomic mass is 10.0. The van der Waals surface area contributed by atoms with Crippen LogP contribution in [0.3, 0.4) is 0 Å². The number of hydrogen-bond acceptors (Lipinski definition) is 3. The number of anilines is 1. The van der Waals surface area contributed by atoms with Crippen molar-refractivity contribution in [2.75, 3.05) is 5.32 Å². The first-order chi connectivity index (χ1) is 11.6. The van der Waals surface area contributed by atoms with Gasteiger partial charge in [-0.05, 0) is 30.2 Å². The Hall–Kier alpha value is -2.79. The molecule has 0 aliphatic carbocycles. The Morgan fingerprint density at radius 1 is 1.12 bits per heavy atom. The van der Waals surface area contributed by atoms with Crippen LogP contribution in [0.15, 0.2) is 48.7 Å². The van der Waals surface area contributed by atoms with Crippen LogP contribution in [0.25, 0.3) is 11.3 Å². The molecule has 1 aliphatic rings. The van der Waals surface area contributed by atoms with Crippen LogP contribution in [0.4, 0.5) is 5.69 Å². The van der Waals surface area contributed by atoms with Crippen molar-refractivity contribution in [2.45, 2.75) is 13.1 Å². The summed E-state index contributed by atoms with van der Waals surface area (Å²) in [6.07, 6.45) is 1.37. The van der Waals surface area contributed by atoms with Crippen LogP contribution in [0, 0.1) is 6.92 Å². The third kappa shape index (κ3) is 2.43. The Kier molecular flexibility index (Phi) is 3.50. The Balaban J connectivity index is 1.76. The Labute approximate surface area is 144 Å². The molecule has 0 bridgehead atoms. The van der Waals surface area contributed by atoms with Crippen molar-refractivity contribution in [1.29, 1.82) is 0 Å². The number of rotatable bonds is 2. The summed E-state index contributed by atoms with van der Waals surface area (Å²) in [6.45, 7) is 1.93. The van der Waals surface area contributed by atoms with Crippen molar-refractivity contribution in [3.05, 3.63) is 70.4 Å². The van der Waals surface area contributed by atoms with E-state index < -0.39 is 0 Å². The van der Waals surface area contributed by atoms with Gasteiger partial charge in [-0.2, -0.15) is 5.10 Å². The molecular formula is C18H15ClN4O. The summed E-state index contributed by atoms with van der Waals surface area (Å²) >= 11 is 6.07. The van der Waals surface area contributed by atoms with Crippen LogP contribution < -0.4 is 10.6 Å². The van der Waals surface area contributed by atoms with E-state index in [2.05, 4.69) is 20.8 Å². The van der Waals surface area contributed by atoms with Crippen molar-refractivity contribution in [3.63, 3.8) is 0 Å². The number of halogens is 1. The lowest BCUT2D eigenvalue weighted by molar-refractivity contribution is 0.0935. The minimum atomic E-state index is -0.362. The normalized spacial score (nSPS) is 16.2. The van der Waals surface area contributed by atoms with Crippen LogP contribution in [0.1, 0.15) is 27.7 Å². The zero-order valence-electron chi connectivity index (χ0n) is 12.9. The number of nitrogens with zero attached hydrogens (tertiary/aromatic N) is 1. The van der Waals surface area contributed by atoms with Gasteiger partial charge in [0.2, 0.25) is 0 Å². The molecule has 24 heavy (non-hydrogen) atoms. The number of amides is 1. The molecule has 120 valence electrons. The van der Waals surface area contributed by atoms with Crippen molar-refractivity contribution < 1.29 is 4.79 Å². The first-order valence-corrected chi connectivity index (χ1v) is 7.97. The molecule has 0 spiro atoms. The minimum absolute atomic E-state index is 0.153. The molecule has 1 aliphatic heterocycles. The molecule has 3 N–H and O–H groups in total. The van der Waals surface area contributed by atoms with Crippen molar-refractivity contribution in [2.24, 2.45) is 0 Å². The molecule has 1 aromatic heterocycles. The average molecular weight is 339 g/mol. The minimum Gasteiger partial charge on any atom is -0.361 e. The van der Waals surface area contributed by atoms with Gasteiger partial charge >= 0.3 is 0 Å². The quantitative estimate of drug-likeness (QED) is 0.664. The second kappa shape index (κ2) is 5.69. The van der Waals surface area contributed by atoms with Crippen LogP contribution in [-0.2, 0) is 0 Å². The highest BCUT2D eigenvalue weighted by molar-refractivity contribution is 6.31. The van der Waals surface area contributed by atoms with Crippen molar-refractivity contribution in [3.8, 4) is 11.3 Å². The maximum absolute atomic E-state index is 12.5. The number of carbonyl (C=O) groups is 1. The third-order valence-corrected chi connectivity index (χ3v) is 4.37. The van der Waals surface area contributed by atoms with E-state index in [-0.39, 0.29) is 12.1 Å². The highest BCUT2D eigenvalue weighted by Gasteiger charge is 2.28. The van der Waals surface area contributed by atoms with Crippen molar-refractivity contribution >= 4 is 23.2 Å². The van der Waals surface area contributed by atoms with E-state index in [9.17, 15) is 4.79 Å². The summed E-state index contributed by atoms with van der Waals surface area (Å²) in [4.78, 5) is 12.5. The third-order valence-electron chi connectivity index (χ3n) is 4.15. The van der Waals surface area contributed by atoms with Gasteiger partial charge in [0.25, 0.3) is 5.91 Å². The number of fused-ring (bicyclic) bond motifs is 1. The van der Waals surface area contributed by atoms with Gasteiger partial charge in [-0.25, -0.2) is 0 Å². The molecule has 1 amide bonds. The molecule has 0 saturated carbocycles. The van der Waals surface area contributed by atoms with Gasteiger partial charge in [-0.3, -0.25) is 9.89 Å². The highest BCUT2D eigenvalue weighted by Crippen LogP contribution is 2.34. The second-order valence-corrected chi connectivity index (χ2v) is 6.20. The van der Waals surface area contributed by atoms with E-state index >= 15 is 0 Å². The maximum atomic E-state index is 12.5. The molecule has 1 atom stereocenters. The molecule has 3 aromatic rings. The molecule has 0 saturated heterocycles. The average Bonchev–Trinajstić information content (AvgIpc) is 3.06. The molecule has 4 rings (SSSR count). The van der Waals surface area contributed by atoms with E-state index in [0.717, 1.165) is 28.1 Å². The van der Waals surface area contributed by atoms with Crippen LogP contribution in [-0.4, -0.2) is 16.1 Å². The molecule has 0 unspecified atom stereocenters.